The summed E-state index contributed by atoms with van der Waals surface area (Å²) < 4.78 is 5.74. The molecule has 2 heteroatoms. The molecule has 2 fully saturated rings. The second kappa shape index (κ2) is 6.53. The zero-order valence-corrected chi connectivity index (χ0v) is 11.8. The van der Waals surface area contributed by atoms with Gasteiger partial charge in [-0.15, -0.1) is 0 Å². The van der Waals surface area contributed by atoms with Crippen molar-refractivity contribution in [2.45, 2.75) is 38.2 Å². The molecule has 2 heterocycles. The Balaban J connectivity index is 1.41. The van der Waals surface area contributed by atoms with Crippen molar-refractivity contribution in [3.8, 4) is 0 Å². The lowest BCUT2D eigenvalue weighted by Gasteiger charge is -2.33. The summed E-state index contributed by atoms with van der Waals surface area (Å²) in [6, 6.07) is 10.9. The summed E-state index contributed by atoms with van der Waals surface area (Å²) in [6.07, 6.45) is 7.00. The van der Waals surface area contributed by atoms with Gasteiger partial charge in [0.1, 0.15) is 0 Å². The van der Waals surface area contributed by atoms with E-state index in [4.69, 9.17) is 4.74 Å². The van der Waals surface area contributed by atoms with Crippen molar-refractivity contribution in [1.82, 2.24) is 4.90 Å². The summed E-state index contributed by atoms with van der Waals surface area (Å²) in [4.78, 5) is 2.61. The van der Waals surface area contributed by atoms with Crippen LogP contribution in [0.2, 0.25) is 0 Å². The molecule has 0 N–H and O–H groups in total. The highest BCUT2D eigenvalue weighted by molar-refractivity contribution is 5.15. The quantitative estimate of drug-likeness (QED) is 0.824. The highest BCUT2D eigenvalue weighted by Crippen LogP contribution is 2.23. The van der Waals surface area contributed by atoms with Crippen LogP contribution in [0.1, 0.15) is 31.2 Å². The molecule has 1 aromatic carbocycles. The topological polar surface area (TPSA) is 12.5 Å². The second-order valence-electron chi connectivity index (χ2n) is 6.07. The first kappa shape index (κ1) is 13.1. The van der Waals surface area contributed by atoms with Crippen molar-refractivity contribution in [3.63, 3.8) is 0 Å². The summed E-state index contributed by atoms with van der Waals surface area (Å²) in [6.45, 7) is 4.67. The van der Waals surface area contributed by atoms with Gasteiger partial charge in [0.2, 0.25) is 0 Å². The minimum Gasteiger partial charge on any atom is -0.377 e. The van der Waals surface area contributed by atoms with Crippen LogP contribution >= 0.6 is 0 Å². The summed E-state index contributed by atoms with van der Waals surface area (Å²) in [5.41, 5.74) is 1.50. The standard InChI is InChI=1S/C17H25NO/c1-2-5-15(6-3-1)13-16-8-10-18(11-9-16)14-17-7-4-12-19-17/h1-3,5-6,16-17H,4,7-14H2/t17-/m1/s1. The number of benzene rings is 1. The Kier molecular flexibility index (Phi) is 4.52. The van der Waals surface area contributed by atoms with Crippen LogP contribution in [0.5, 0.6) is 0 Å². The molecule has 0 spiro atoms. The van der Waals surface area contributed by atoms with Crippen LogP contribution in [0.3, 0.4) is 0 Å². The Morgan fingerprint density at radius 3 is 2.53 bits per heavy atom. The lowest BCUT2D eigenvalue weighted by atomic mass is 9.90. The fourth-order valence-electron chi connectivity index (χ4n) is 3.40. The van der Waals surface area contributed by atoms with Gasteiger partial charge in [-0.25, -0.2) is 0 Å². The molecule has 2 aliphatic heterocycles. The van der Waals surface area contributed by atoms with E-state index in [1.165, 1.54) is 50.8 Å². The van der Waals surface area contributed by atoms with E-state index < -0.39 is 0 Å². The number of hydrogen-bond donors (Lipinski definition) is 0. The Bertz CT molecular complexity index is 364. The molecular weight excluding hydrogens is 234 g/mol. The van der Waals surface area contributed by atoms with Crippen molar-refractivity contribution in [2.24, 2.45) is 5.92 Å². The van der Waals surface area contributed by atoms with E-state index in [0.717, 1.165) is 19.1 Å². The van der Waals surface area contributed by atoms with Gasteiger partial charge in [-0.3, -0.25) is 0 Å². The lowest BCUT2D eigenvalue weighted by molar-refractivity contribution is 0.0598. The molecule has 0 bridgehead atoms. The van der Waals surface area contributed by atoms with Gasteiger partial charge >= 0.3 is 0 Å². The molecule has 3 rings (SSSR count). The number of piperidine rings is 1. The summed E-state index contributed by atoms with van der Waals surface area (Å²) in [7, 11) is 0. The fourth-order valence-corrected chi connectivity index (χ4v) is 3.40. The Morgan fingerprint density at radius 2 is 1.84 bits per heavy atom. The number of ether oxygens (including phenoxy) is 1. The van der Waals surface area contributed by atoms with Gasteiger partial charge in [0.05, 0.1) is 6.10 Å². The minimum atomic E-state index is 0.519. The molecule has 0 aliphatic carbocycles. The average Bonchev–Trinajstić information content (AvgIpc) is 2.95. The van der Waals surface area contributed by atoms with Gasteiger partial charge in [0.25, 0.3) is 0 Å². The van der Waals surface area contributed by atoms with E-state index in [-0.39, 0.29) is 0 Å². The van der Waals surface area contributed by atoms with Crippen molar-refractivity contribution in [3.05, 3.63) is 35.9 Å². The Hall–Kier alpha value is -0.860. The molecule has 1 aromatic rings. The molecule has 19 heavy (non-hydrogen) atoms. The average molecular weight is 259 g/mol. The zero-order valence-electron chi connectivity index (χ0n) is 11.8. The van der Waals surface area contributed by atoms with Gasteiger partial charge < -0.3 is 9.64 Å². The minimum absolute atomic E-state index is 0.519. The third-order valence-corrected chi connectivity index (χ3v) is 4.56. The summed E-state index contributed by atoms with van der Waals surface area (Å²) >= 11 is 0. The monoisotopic (exact) mass is 259 g/mol. The highest BCUT2D eigenvalue weighted by atomic mass is 16.5. The number of nitrogens with zero attached hydrogens (tertiary/aromatic N) is 1. The normalized spacial score (nSPS) is 25.8. The van der Waals surface area contributed by atoms with Crippen LogP contribution in [-0.2, 0) is 11.2 Å². The van der Waals surface area contributed by atoms with Crippen LogP contribution in [-0.4, -0.2) is 37.2 Å². The molecular formula is C17H25NO. The van der Waals surface area contributed by atoms with Crippen molar-refractivity contribution >= 4 is 0 Å². The molecule has 0 aromatic heterocycles. The van der Waals surface area contributed by atoms with E-state index in [1.54, 1.807) is 0 Å². The molecule has 2 aliphatic rings. The fraction of sp³-hybridized carbons (Fsp3) is 0.647. The van der Waals surface area contributed by atoms with Gasteiger partial charge in [-0.05, 0) is 56.7 Å². The lowest BCUT2D eigenvalue weighted by Crippen LogP contribution is -2.39. The first-order chi connectivity index (χ1) is 9.40. The summed E-state index contributed by atoms with van der Waals surface area (Å²) in [5, 5.41) is 0. The van der Waals surface area contributed by atoms with Crippen LogP contribution < -0.4 is 0 Å². The van der Waals surface area contributed by atoms with Crippen molar-refractivity contribution in [1.29, 1.82) is 0 Å². The molecule has 104 valence electrons. The third-order valence-electron chi connectivity index (χ3n) is 4.56. The second-order valence-corrected chi connectivity index (χ2v) is 6.07. The van der Waals surface area contributed by atoms with Gasteiger partial charge in [-0.2, -0.15) is 0 Å². The van der Waals surface area contributed by atoms with Gasteiger partial charge in [0.15, 0.2) is 0 Å². The Labute approximate surface area is 116 Å². The van der Waals surface area contributed by atoms with E-state index in [2.05, 4.69) is 35.2 Å². The number of hydrogen-bond acceptors (Lipinski definition) is 2. The maximum atomic E-state index is 5.74. The van der Waals surface area contributed by atoms with Crippen molar-refractivity contribution < 1.29 is 4.74 Å². The van der Waals surface area contributed by atoms with Crippen LogP contribution in [0.25, 0.3) is 0 Å². The zero-order chi connectivity index (χ0) is 12.9. The first-order valence-corrected chi connectivity index (χ1v) is 7.78. The molecule has 0 unspecified atom stereocenters. The van der Waals surface area contributed by atoms with E-state index >= 15 is 0 Å². The molecule has 0 radical (unpaired) electrons. The van der Waals surface area contributed by atoms with E-state index in [0.29, 0.717) is 6.10 Å². The molecule has 0 amide bonds. The molecule has 1 atom stereocenters. The van der Waals surface area contributed by atoms with Crippen molar-refractivity contribution in [2.75, 3.05) is 26.2 Å². The summed E-state index contributed by atoms with van der Waals surface area (Å²) in [5.74, 6) is 0.878. The molecule has 2 nitrogen and oxygen atoms in total. The maximum Gasteiger partial charge on any atom is 0.0702 e. The van der Waals surface area contributed by atoms with Gasteiger partial charge in [-0.1, -0.05) is 30.3 Å². The smallest absolute Gasteiger partial charge is 0.0702 e. The van der Waals surface area contributed by atoms with Crippen LogP contribution in [0.4, 0.5) is 0 Å². The SMILES string of the molecule is c1ccc(CC2CCN(C[C@H]3CCCO3)CC2)cc1. The third kappa shape index (κ3) is 3.80. The molecule has 0 saturated carbocycles. The maximum absolute atomic E-state index is 5.74. The number of likely N-dealkylation sites (tertiary alicyclic amines) is 1. The van der Waals surface area contributed by atoms with E-state index in [9.17, 15) is 0 Å². The van der Waals surface area contributed by atoms with Gasteiger partial charge in [0, 0.05) is 13.2 Å². The van der Waals surface area contributed by atoms with Crippen LogP contribution in [0.15, 0.2) is 30.3 Å². The highest BCUT2D eigenvalue weighted by Gasteiger charge is 2.23. The Morgan fingerprint density at radius 1 is 1.05 bits per heavy atom. The molecule has 2 saturated heterocycles. The number of rotatable bonds is 4. The predicted octanol–water partition coefficient (Wildman–Crippen LogP) is 3.12. The predicted molar refractivity (Wildman–Crippen MR) is 78.3 cm³/mol. The van der Waals surface area contributed by atoms with E-state index in [1.807, 2.05) is 0 Å². The largest absolute Gasteiger partial charge is 0.377 e. The first-order valence-electron chi connectivity index (χ1n) is 7.78. The van der Waals surface area contributed by atoms with Crippen LogP contribution in [0, 0.1) is 5.92 Å².